The van der Waals surface area contributed by atoms with E-state index in [1.165, 1.54) is 69.9 Å². The molecular formula is C24H38N2O2. The number of fused-ring (bicyclic) bond motifs is 1. The fourth-order valence-corrected chi connectivity index (χ4v) is 4.89. The van der Waals surface area contributed by atoms with Gasteiger partial charge in [-0.15, -0.1) is 0 Å². The van der Waals surface area contributed by atoms with Crippen molar-refractivity contribution in [3.63, 3.8) is 0 Å². The smallest absolute Gasteiger partial charge is 0.223 e. The zero-order valence-electron chi connectivity index (χ0n) is 17.7. The molecule has 0 atom stereocenters. The zero-order valence-corrected chi connectivity index (χ0v) is 17.7. The Hall–Kier alpha value is -1.39. The van der Waals surface area contributed by atoms with Gasteiger partial charge in [0.05, 0.1) is 6.61 Å². The van der Waals surface area contributed by atoms with E-state index in [2.05, 4.69) is 11.0 Å². The van der Waals surface area contributed by atoms with Crippen LogP contribution < -0.4 is 4.90 Å². The summed E-state index contributed by atoms with van der Waals surface area (Å²) in [6.45, 7) is 5.70. The topological polar surface area (TPSA) is 43.8 Å². The van der Waals surface area contributed by atoms with E-state index >= 15 is 0 Å². The molecule has 1 saturated carbocycles. The summed E-state index contributed by atoms with van der Waals surface area (Å²) in [5.74, 6) is 0.929. The SMILES string of the molecule is CC(=O)N1CCCCCCCN(CC2CCCCC2)Cc2ccc(CO)cc21. The van der Waals surface area contributed by atoms with E-state index in [1.54, 1.807) is 6.92 Å². The standard InChI is InChI=1S/C24H38N2O2/c1-20(28)26-15-9-4-2-3-8-14-25(17-21-10-6-5-7-11-21)18-23-13-12-22(19-27)16-24(23)26/h12-13,16,21,27H,2-11,14-15,17-19H2,1H3. The predicted octanol–water partition coefficient (Wildman–Crippen LogP) is 4.88. The Balaban J connectivity index is 1.85. The molecule has 1 fully saturated rings. The summed E-state index contributed by atoms with van der Waals surface area (Å²) < 4.78 is 0. The van der Waals surface area contributed by atoms with Crippen molar-refractivity contribution in [1.29, 1.82) is 0 Å². The fraction of sp³-hybridized carbons (Fsp3) is 0.708. The van der Waals surface area contributed by atoms with Crippen molar-refractivity contribution in [2.24, 2.45) is 5.92 Å². The normalized spacial score (nSPS) is 20.9. The van der Waals surface area contributed by atoms with Gasteiger partial charge in [0.2, 0.25) is 5.91 Å². The summed E-state index contributed by atoms with van der Waals surface area (Å²) in [7, 11) is 0. The number of rotatable bonds is 3. The van der Waals surface area contributed by atoms with Crippen LogP contribution >= 0.6 is 0 Å². The number of carbonyl (C=O) groups excluding carboxylic acids is 1. The number of amides is 1. The molecule has 28 heavy (non-hydrogen) atoms. The van der Waals surface area contributed by atoms with Gasteiger partial charge in [0.1, 0.15) is 0 Å². The molecular weight excluding hydrogens is 348 g/mol. The van der Waals surface area contributed by atoms with Gasteiger partial charge in [-0.05, 0) is 55.3 Å². The molecule has 1 N–H and O–H groups in total. The second-order valence-corrected chi connectivity index (χ2v) is 8.80. The lowest BCUT2D eigenvalue weighted by Gasteiger charge is -2.32. The minimum atomic E-state index is 0.0187. The predicted molar refractivity (Wildman–Crippen MR) is 115 cm³/mol. The van der Waals surface area contributed by atoms with Crippen molar-refractivity contribution < 1.29 is 9.90 Å². The molecule has 0 bridgehead atoms. The van der Waals surface area contributed by atoms with Gasteiger partial charge in [-0.25, -0.2) is 0 Å². The summed E-state index contributed by atoms with van der Waals surface area (Å²) in [4.78, 5) is 17.0. The van der Waals surface area contributed by atoms with E-state index in [4.69, 9.17) is 0 Å². The van der Waals surface area contributed by atoms with Gasteiger partial charge in [-0.1, -0.05) is 50.7 Å². The number of anilines is 1. The maximum absolute atomic E-state index is 12.4. The van der Waals surface area contributed by atoms with E-state index in [9.17, 15) is 9.90 Å². The van der Waals surface area contributed by atoms with Crippen molar-refractivity contribution >= 4 is 11.6 Å². The summed E-state index contributed by atoms with van der Waals surface area (Å²) in [6, 6.07) is 6.18. The lowest BCUT2D eigenvalue weighted by molar-refractivity contribution is -0.116. The summed E-state index contributed by atoms with van der Waals surface area (Å²) in [5.41, 5.74) is 3.12. The molecule has 1 aromatic carbocycles. The number of carbonyl (C=O) groups is 1. The Morgan fingerprint density at radius 3 is 2.39 bits per heavy atom. The average Bonchev–Trinajstić information content (AvgIpc) is 2.70. The lowest BCUT2D eigenvalue weighted by Crippen LogP contribution is -2.34. The first-order valence-electron chi connectivity index (χ1n) is 11.4. The molecule has 1 aromatic rings. The van der Waals surface area contributed by atoms with E-state index in [0.717, 1.165) is 43.2 Å². The fourth-order valence-electron chi connectivity index (χ4n) is 4.89. The van der Waals surface area contributed by atoms with Crippen LogP contribution in [0.5, 0.6) is 0 Å². The summed E-state index contributed by atoms with van der Waals surface area (Å²) in [6.07, 6.45) is 12.9. The molecule has 4 heteroatoms. The highest BCUT2D eigenvalue weighted by atomic mass is 16.3. The van der Waals surface area contributed by atoms with Gasteiger partial charge in [-0.3, -0.25) is 9.69 Å². The number of hydrogen-bond donors (Lipinski definition) is 1. The third kappa shape index (κ3) is 6.05. The molecule has 4 nitrogen and oxygen atoms in total. The molecule has 0 unspecified atom stereocenters. The van der Waals surface area contributed by atoms with Crippen LogP contribution in [0.15, 0.2) is 18.2 Å². The third-order valence-electron chi connectivity index (χ3n) is 6.49. The Labute approximate surface area is 170 Å². The Kier molecular flexibility index (Phi) is 8.35. The summed E-state index contributed by atoms with van der Waals surface area (Å²) >= 11 is 0. The molecule has 1 heterocycles. The van der Waals surface area contributed by atoms with Crippen molar-refractivity contribution in [2.45, 2.75) is 84.3 Å². The first-order chi connectivity index (χ1) is 13.7. The van der Waals surface area contributed by atoms with E-state index in [0.29, 0.717) is 0 Å². The maximum Gasteiger partial charge on any atom is 0.223 e. The molecule has 0 spiro atoms. The van der Waals surface area contributed by atoms with Gasteiger partial charge < -0.3 is 10.0 Å². The minimum Gasteiger partial charge on any atom is -0.392 e. The number of aliphatic hydroxyl groups is 1. The number of hydrogen-bond acceptors (Lipinski definition) is 3. The number of benzene rings is 1. The van der Waals surface area contributed by atoms with Gasteiger partial charge in [0.15, 0.2) is 0 Å². The molecule has 156 valence electrons. The van der Waals surface area contributed by atoms with Crippen LogP contribution in [-0.2, 0) is 17.9 Å². The van der Waals surface area contributed by atoms with E-state index in [1.807, 2.05) is 17.0 Å². The van der Waals surface area contributed by atoms with Crippen molar-refractivity contribution in [1.82, 2.24) is 4.90 Å². The largest absolute Gasteiger partial charge is 0.392 e. The summed E-state index contributed by atoms with van der Waals surface area (Å²) in [5, 5.41) is 9.63. The molecule has 2 aliphatic rings. The molecule has 3 rings (SSSR count). The second-order valence-electron chi connectivity index (χ2n) is 8.80. The van der Waals surface area contributed by atoms with Crippen molar-refractivity contribution in [3.8, 4) is 0 Å². The van der Waals surface area contributed by atoms with Gasteiger partial charge >= 0.3 is 0 Å². The van der Waals surface area contributed by atoms with Crippen molar-refractivity contribution in [2.75, 3.05) is 24.5 Å². The monoisotopic (exact) mass is 386 g/mol. The molecule has 1 aliphatic carbocycles. The zero-order chi connectivity index (χ0) is 19.8. The lowest BCUT2D eigenvalue weighted by atomic mass is 9.88. The van der Waals surface area contributed by atoms with E-state index in [-0.39, 0.29) is 12.5 Å². The highest BCUT2D eigenvalue weighted by Crippen LogP contribution is 2.29. The molecule has 1 aliphatic heterocycles. The van der Waals surface area contributed by atoms with Crippen LogP contribution in [0.2, 0.25) is 0 Å². The first kappa shape index (κ1) is 21.3. The number of nitrogens with zero attached hydrogens (tertiary/aromatic N) is 2. The van der Waals surface area contributed by atoms with Crippen molar-refractivity contribution in [3.05, 3.63) is 29.3 Å². The second kappa shape index (κ2) is 11.0. The maximum atomic E-state index is 12.4. The van der Waals surface area contributed by atoms with Crippen LogP contribution in [0.3, 0.4) is 0 Å². The Morgan fingerprint density at radius 1 is 1.00 bits per heavy atom. The van der Waals surface area contributed by atoms with Gasteiger partial charge in [0, 0.05) is 32.2 Å². The highest BCUT2D eigenvalue weighted by Gasteiger charge is 2.21. The molecule has 0 saturated heterocycles. The molecule has 0 radical (unpaired) electrons. The average molecular weight is 387 g/mol. The van der Waals surface area contributed by atoms with Crippen LogP contribution in [0, 0.1) is 5.92 Å². The third-order valence-corrected chi connectivity index (χ3v) is 6.49. The van der Waals surface area contributed by atoms with Gasteiger partial charge in [-0.2, -0.15) is 0 Å². The Morgan fingerprint density at radius 2 is 1.68 bits per heavy atom. The van der Waals surface area contributed by atoms with Crippen LogP contribution in [0.4, 0.5) is 5.69 Å². The Bertz CT molecular complexity index is 625. The first-order valence-corrected chi connectivity index (χ1v) is 11.4. The number of aliphatic hydroxyl groups excluding tert-OH is 1. The quantitative estimate of drug-likeness (QED) is 0.805. The van der Waals surface area contributed by atoms with E-state index < -0.39 is 0 Å². The minimum absolute atomic E-state index is 0.0187. The highest BCUT2D eigenvalue weighted by molar-refractivity contribution is 5.92. The van der Waals surface area contributed by atoms with Crippen LogP contribution in [0.25, 0.3) is 0 Å². The molecule has 1 amide bonds. The van der Waals surface area contributed by atoms with Crippen LogP contribution in [-0.4, -0.2) is 35.5 Å². The van der Waals surface area contributed by atoms with Gasteiger partial charge in [0.25, 0.3) is 0 Å². The molecule has 0 aromatic heterocycles. The van der Waals surface area contributed by atoms with Crippen LogP contribution in [0.1, 0.15) is 82.3 Å².